The second-order valence-electron chi connectivity index (χ2n) is 10.5. The summed E-state index contributed by atoms with van der Waals surface area (Å²) in [6, 6.07) is 10.8. The Kier molecular flexibility index (Phi) is 6.81. The smallest absolute Gasteiger partial charge is 0.240 e. The minimum atomic E-state index is -3.70. The molecule has 4 rings (SSSR count). The molecule has 0 saturated heterocycles. The number of fused-ring (bicyclic) bond motifs is 1. The lowest BCUT2D eigenvalue weighted by atomic mass is 9.81. The number of aryl methyl sites for hydroxylation is 2. The minimum absolute atomic E-state index is 0.0348. The zero-order valence-electron chi connectivity index (χ0n) is 21.1. The first-order valence-electron chi connectivity index (χ1n) is 12.2. The van der Waals surface area contributed by atoms with Gasteiger partial charge in [0.2, 0.25) is 21.8 Å². The summed E-state index contributed by atoms with van der Waals surface area (Å²) in [6.07, 6.45) is 3.07. The van der Waals surface area contributed by atoms with Gasteiger partial charge in [0.15, 0.2) is 0 Å². The number of sulfonamides is 1. The van der Waals surface area contributed by atoms with Gasteiger partial charge in [0.25, 0.3) is 0 Å². The van der Waals surface area contributed by atoms with Crippen molar-refractivity contribution in [2.75, 3.05) is 23.8 Å². The lowest BCUT2D eigenvalue weighted by Crippen LogP contribution is -2.34. The molecule has 1 aliphatic carbocycles. The summed E-state index contributed by atoms with van der Waals surface area (Å²) in [4.78, 5) is 27.0. The van der Waals surface area contributed by atoms with Gasteiger partial charge in [-0.2, -0.15) is 0 Å². The van der Waals surface area contributed by atoms with Gasteiger partial charge < -0.3 is 10.2 Å². The summed E-state index contributed by atoms with van der Waals surface area (Å²) in [7, 11) is -1.99. The van der Waals surface area contributed by atoms with Crippen molar-refractivity contribution >= 4 is 33.2 Å². The van der Waals surface area contributed by atoms with E-state index in [2.05, 4.69) is 10.0 Å². The van der Waals surface area contributed by atoms with Crippen LogP contribution < -0.4 is 14.9 Å². The molecule has 2 aromatic carbocycles. The maximum absolute atomic E-state index is 13.0. The minimum Gasteiger partial charge on any atom is -0.326 e. The average Bonchev–Trinajstić information content (AvgIpc) is 3.00. The van der Waals surface area contributed by atoms with Crippen molar-refractivity contribution in [2.24, 2.45) is 11.8 Å². The fourth-order valence-corrected chi connectivity index (χ4v) is 6.26. The summed E-state index contributed by atoms with van der Waals surface area (Å²) < 4.78 is 28.8. The number of carbonyl (C=O) groups is 2. The summed E-state index contributed by atoms with van der Waals surface area (Å²) in [5, 5.41) is 3.03. The Balaban J connectivity index is 1.32. The van der Waals surface area contributed by atoms with Gasteiger partial charge in [0.1, 0.15) is 0 Å². The fraction of sp³-hybridized carbons (Fsp3) is 0.481. The van der Waals surface area contributed by atoms with Crippen LogP contribution >= 0.6 is 0 Å². The van der Waals surface area contributed by atoms with Crippen LogP contribution in [0.2, 0.25) is 0 Å². The fourth-order valence-electron chi connectivity index (χ4n) is 5.12. The predicted octanol–water partition coefficient (Wildman–Crippen LogP) is 4.28. The first kappa shape index (κ1) is 25.4. The average molecular weight is 498 g/mol. The molecule has 7 nitrogen and oxygen atoms in total. The van der Waals surface area contributed by atoms with E-state index >= 15 is 0 Å². The molecule has 1 aliphatic heterocycles. The van der Waals surface area contributed by atoms with Gasteiger partial charge in [0.05, 0.1) is 10.3 Å². The molecule has 0 aromatic heterocycles. The molecule has 0 atom stereocenters. The highest BCUT2D eigenvalue weighted by atomic mass is 32.2. The topological polar surface area (TPSA) is 95.6 Å². The number of likely N-dealkylation sites (N-methyl/N-ethyl adjacent to an activating group) is 1. The van der Waals surface area contributed by atoms with Crippen LogP contribution in [0.1, 0.15) is 56.2 Å². The largest absolute Gasteiger partial charge is 0.326 e. The molecule has 2 N–H and O–H groups in total. The van der Waals surface area contributed by atoms with E-state index in [1.54, 1.807) is 30.1 Å². The van der Waals surface area contributed by atoms with Crippen LogP contribution in [0.3, 0.4) is 0 Å². The molecule has 1 heterocycles. The van der Waals surface area contributed by atoms with Crippen molar-refractivity contribution in [2.45, 2.75) is 63.7 Å². The standard InChI is InChI=1S/C27H35N3O4S/c1-17-6-11-21(14-18(17)2)29-25(31)20-9-7-19(8-10-20)16-28-35(33,34)22-12-13-24-23(15-22)27(3,4)26(32)30(24)5/h6,11-15,19-20,28H,7-10,16H2,1-5H3,(H,29,31). The van der Waals surface area contributed by atoms with E-state index in [9.17, 15) is 18.0 Å². The molecule has 0 unspecified atom stereocenters. The van der Waals surface area contributed by atoms with Gasteiger partial charge in [0, 0.05) is 30.9 Å². The van der Waals surface area contributed by atoms with Crippen LogP contribution in [0.5, 0.6) is 0 Å². The number of nitrogens with one attached hydrogen (secondary N) is 2. The third-order valence-corrected chi connectivity index (χ3v) is 9.13. The summed E-state index contributed by atoms with van der Waals surface area (Å²) in [6.45, 7) is 8.04. The first-order valence-corrected chi connectivity index (χ1v) is 13.7. The van der Waals surface area contributed by atoms with Gasteiger partial charge >= 0.3 is 0 Å². The Labute approximate surface area is 208 Å². The lowest BCUT2D eigenvalue weighted by molar-refractivity contribution is -0.122. The molecule has 2 aromatic rings. The van der Waals surface area contributed by atoms with Crippen LogP contribution in [-0.2, 0) is 25.0 Å². The molecule has 1 fully saturated rings. The number of nitrogens with zero attached hydrogens (tertiary/aromatic N) is 1. The maximum atomic E-state index is 13.0. The lowest BCUT2D eigenvalue weighted by Gasteiger charge is -2.28. The van der Waals surface area contributed by atoms with E-state index in [4.69, 9.17) is 0 Å². The van der Waals surface area contributed by atoms with E-state index < -0.39 is 15.4 Å². The Morgan fingerprint density at radius 2 is 1.71 bits per heavy atom. The SMILES string of the molecule is Cc1ccc(NC(=O)C2CCC(CNS(=O)(=O)c3ccc4c(c3)C(C)(C)C(=O)N4C)CC2)cc1C. The predicted molar refractivity (Wildman–Crippen MR) is 138 cm³/mol. The van der Waals surface area contributed by atoms with E-state index in [1.807, 2.05) is 45.9 Å². The Bertz CT molecular complexity index is 1260. The third kappa shape index (κ3) is 5.00. The highest BCUT2D eigenvalue weighted by Gasteiger charge is 2.42. The number of hydrogen-bond donors (Lipinski definition) is 2. The second kappa shape index (κ2) is 9.39. The summed E-state index contributed by atoms with van der Waals surface area (Å²) >= 11 is 0. The first-order chi connectivity index (χ1) is 16.4. The molecular formula is C27H35N3O4S. The highest BCUT2D eigenvalue weighted by Crippen LogP contribution is 2.41. The van der Waals surface area contributed by atoms with Gasteiger partial charge in [-0.25, -0.2) is 13.1 Å². The third-order valence-electron chi connectivity index (χ3n) is 7.71. The molecule has 0 bridgehead atoms. The molecular weight excluding hydrogens is 462 g/mol. The van der Waals surface area contributed by atoms with Crippen molar-refractivity contribution < 1.29 is 18.0 Å². The molecule has 0 spiro atoms. The van der Waals surface area contributed by atoms with Crippen molar-refractivity contribution in [1.82, 2.24) is 4.72 Å². The van der Waals surface area contributed by atoms with Crippen LogP contribution in [-0.4, -0.2) is 33.8 Å². The molecule has 2 amide bonds. The Hall–Kier alpha value is -2.71. The zero-order chi connectivity index (χ0) is 25.5. The molecule has 188 valence electrons. The molecule has 1 saturated carbocycles. The van der Waals surface area contributed by atoms with Crippen LogP contribution in [0.15, 0.2) is 41.3 Å². The zero-order valence-corrected chi connectivity index (χ0v) is 22.0. The van der Waals surface area contributed by atoms with Crippen LogP contribution in [0, 0.1) is 25.7 Å². The number of amides is 2. The van der Waals surface area contributed by atoms with Crippen molar-refractivity contribution in [3.63, 3.8) is 0 Å². The number of rotatable bonds is 6. The second-order valence-corrected chi connectivity index (χ2v) is 12.3. The number of anilines is 2. The maximum Gasteiger partial charge on any atom is 0.240 e. The molecule has 0 radical (unpaired) electrons. The Morgan fingerprint density at radius 3 is 2.37 bits per heavy atom. The molecule has 35 heavy (non-hydrogen) atoms. The summed E-state index contributed by atoms with van der Waals surface area (Å²) in [5.74, 6) is 0.118. The number of benzene rings is 2. The van der Waals surface area contributed by atoms with E-state index in [-0.39, 0.29) is 28.5 Å². The quantitative estimate of drug-likeness (QED) is 0.623. The number of carbonyl (C=O) groups excluding carboxylic acids is 2. The van der Waals surface area contributed by atoms with Gasteiger partial charge in [-0.3, -0.25) is 9.59 Å². The highest BCUT2D eigenvalue weighted by molar-refractivity contribution is 7.89. The molecule has 2 aliphatic rings. The van der Waals surface area contributed by atoms with Crippen molar-refractivity contribution in [1.29, 1.82) is 0 Å². The van der Waals surface area contributed by atoms with Gasteiger partial charge in [-0.05, 0) is 106 Å². The number of hydrogen-bond acceptors (Lipinski definition) is 4. The van der Waals surface area contributed by atoms with E-state index in [0.29, 0.717) is 6.54 Å². The van der Waals surface area contributed by atoms with Gasteiger partial charge in [-0.1, -0.05) is 6.07 Å². The van der Waals surface area contributed by atoms with E-state index in [1.165, 1.54) is 5.56 Å². The normalized spacial score (nSPS) is 21.6. The summed E-state index contributed by atoms with van der Waals surface area (Å²) in [5.41, 5.74) is 3.86. The van der Waals surface area contributed by atoms with E-state index in [0.717, 1.165) is 48.2 Å². The molecule has 8 heteroatoms. The van der Waals surface area contributed by atoms with Crippen LogP contribution in [0.4, 0.5) is 11.4 Å². The van der Waals surface area contributed by atoms with Crippen molar-refractivity contribution in [3.05, 3.63) is 53.1 Å². The monoisotopic (exact) mass is 497 g/mol. The van der Waals surface area contributed by atoms with Crippen LogP contribution in [0.25, 0.3) is 0 Å². The van der Waals surface area contributed by atoms with Crippen molar-refractivity contribution in [3.8, 4) is 0 Å². The Morgan fingerprint density at radius 1 is 1.03 bits per heavy atom. The van der Waals surface area contributed by atoms with Gasteiger partial charge in [-0.15, -0.1) is 0 Å².